The fourth-order valence-electron chi connectivity index (χ4n) is 5.74. The van der Waals surface area contributed by atoms with Gasteiger partial charge in [0.25, 0.3) is 0 Å². The van der Waals surface area contributed by atoms with Gasteiger partial charge in [-0.15, -0.1) is 0 Å². The molecule has 0 bridgehead atoms. The van der Waals surface area contributed by atoms with Crippen molar-refractivity contribution in [2.45, 2.75) is 76.4 Å². The second-order valence-corrected chi connectivity index (χ2v) is 9.71. The minimum Gasteiger partial charge on any atom is -0.487 e. The second-order valence-electron chi connectivity index (χ2n) is 9.71. The average molecular weight is 413 g/mol. The van der Waals surface area contributed by atoms with Crippen LogP contribution in [0.15, 0.2) is 18.2 Å². The highest BCUT2D eigenvalue weighted by Gasteiger charge is 2.41. The summed E-state index contributed by atoms with van der Waals surface area (Å²) in [6, 6.07) is 7.60. The first-order chi connectivity index (χ1) is 14.7. The van der Waals surface area contributed by atoms with Gasteiger partial charge < -0.3 is 19.3 Å². The summed E-state index contributed by atoms with van der Waals surface area (Å²) in [6.45, 7) is 6.60. The molecule has 1 saturated carbocycles. The van der Waals surface area contributed by atoms with E-state index in [1.807, 2.05) is 6.92 Å². The van der Waals surface area contributed by atoms with Crippen LogP contribution >= 0.6 is 0 Å². The van der Waals surface area contributed by atoms with Crippen molar-refractivity contribution in [1.29, 1.82) is 0 Å². The monoisotopic (exact) mass is 412 g/mol. The largest absolute Gasteiger partial charge is 0.487 e. The van der Waals surface area contributed by atoms with Gasteiger partial charge in [0.05, 0.1) is 12.5 Å². The Kier molecular flexibility index (Phi) is 5.65. The summed E-state index contributed by atoms with van der Waals surface area (Å²) in [5.74, 6) is 1.14. The van der Waals surface area contributed by atoms with Crippen LogP contribution in [-0.4, -0.2) is 55.3 Å². The van der Waals surface area contributed by atoms with Crippen LogP contribution < -0.4 is 9.64 Å². The number of esters is 1. The third-order valence-corrected chi connectivity index (χ3v) is 8.00. The first-order valence-electron chi connectivity index (χ1n) is 12.1. The summed E-state index contributed by atoms with van der Waals surface area (Å²) in [7, 11) is 0. The number of likely N-dealkylation sites (tertiary alicyclic amines) is 1. The lowest BCUT2D eigenvalue weighted by Crippen LogP contribution is -2.53. The van der Waals surface area contributed by atoms with Gasteiger partial charge >= 0.3 is 5.97 Å². The number of hydrogen-bond acceptors (Lipinski definition) is 5. The Hall–Kier alpha value is -1.75. The fraction of sp³-hybridized carbons (Fsp3) is 0.720. The molecule has 2 saturated heterocycles. The summed E-state index contributed by atoms with van der Waals surface area (Å²) in [5.41, 5.74) is 2.69. The van der Waals surface area contributed by atoms with Crippen molar-refractivity contribution in [3.63, 3.8) is 0 Å². The van der Waals surface area contributed by atoms with Gasteiger partial charge in [-0.1, -0.05) is 6.42 Å². The molecule has 1 spiro atoms. The van der Waals surface area contributed by atoms with E-state index < -0.39 is 0 Å². The third-order valence-electron chi connectivity index (χ3n) is 8.00. The molecule has 1 aromatic carbocycles. The van der Waals surface area contributed by atoms with E-state index in [-0.39, 0.29) is 17.5 Å². The van der Waals surface area contributed by atoms with Crippen LogP contribution in [0.2, 0.25) is 0 Å². The normalized spacial score (nSPS) is 24.8. The van der Waals surface area contributed by atoms with Gasteiger partial charge in [-0.3, -0.25) is 4.79 Å². The number of hydrogen-bond donors (Lipinski definition) is 0. The summed E-state index contributed by atoms with van der Waals surface area (Å²) in [4.78, 5) is 17.1. The number of aryl methyl sites for hydroxylation is 1. The topological polar surface area (TPSA) is 42.0 Å². The predicted molar refractivity (Wildman–Crippen MR) is 118 cm³/mol. The molecule has 3 heterocycles. The maximum absolute atomic E-state index is 12.0. The smallest absolute Gasteiger partial charge is 0.309 e. The molecule has 164 valence electrons. The standard InChI is InChI=1S/C25H36N2O3/c1-2-29-24(28)19-9-14-26(15-10-19)22-6-7-23-20(18-22)8-11-25(30-23)12-16-27(17-13-25)21-4-3-5-21/h6-7,18-19,21H,2-5,8-17H2,1H3. The molecule has 0 unspecified atom stereocenters. The average Bonchev–Trinajstić information content (AvgIpc) is 2.74. The van der Waals surface area contributed by atoms with E-state index in [1.165, 1.54) is 56.4 Å². The van der Waals surface area contributed by atoms with Crippen LogP contribution in [0.1, 0.15) is 63.9 Å². The zero-order valence-electron chi connectivity index (χ0n) is 18.4. The zero-order valence-corrected chi connectivity index (χ0v) is 18.4. The maximum Gasteiger partial charge on any atom is 0.309 e. The maximum atomic E-state index is 12.0. The molecular weight excluding hydrogens is 376 g/mol. The minimum atomic E-state index is -0.0235. The fourth-order valence-corrected chi connectivity index (χ4v) is 5.74. The van der Waals surface area contributed by atoms with Crippen molar-refractivity contribution < 1.29 is 14.3 Å². The Morgan fingerprint density at radius 1 is 1.10 bits per heavy atom. The number of carbonyl (C=O) groups excluding carboxylic acids is 1. The summed E-state index contributed by atoms with van der Waals surface area (Å²) >= 11 is 0. The highest BCUT2D eigenvalue weighted by molar-refractivity contribution is 5.73. The number of carbonyl (C=O) groups is 1. The molecular formula is C25H36N2O3. The molecule has 0 amide bonds. The number of ether oxygens (including phenoxy) is 2. The molecule has 0 aromatic heterocycles. The molecule has 0 N–H and O–H groups in total. The number of piperidine rings is 2. The van der Waals surface area contributed by atoms with E-state index in [2.05, 4.69) is 28.0 Å². The quantitative estimate of drug-likeness (QED) is 0.694. The van der Waals surface area contributed by atoms with Gasteiger partial charge in [-0.25, -0.2) is 0 Å². The first kappa shape index (κ1) is 20.2. The lowest BCUT2D eigenvalue weighted by molar-refractivity contribution is -0.148. The van der Waals surface area contributed by atoms with E-state index in [0.717, 1.165) is 50.6 Å². The van der Waals surface area contributed by atoms with Crippen molar-refractivity contribution in [2.75, 3.05) is 37.7 Å². The highest BCUT2D eigenvalue weighted by Crippen LogP contribution is 2.42. The molecule has 3 fully saturated rings. The number of nitrogens with zero attached hydrogens (tertiary/aromatic N) is 2. The van der Waals surface area contributed by atoms with Crippen molar-refractivity contribution in [3.8, 4) is 5.75 Å². The Labute approximate surface area is 180 Å². The van der Waals surface area contributed by atoms with Crippen LogP contribution in [-0.2, 0) is 16.0 Å². The highest BCUT2D eigenvalue weighted by atomic mass is 16.5. The Morgan fingerprint density at radius 2 is 1.87 bits per heavy atom. The van der Waals surface area contributed by atoms with Crippen molar-refractivity contribution in [3.05, 3.63) is 23.8 Å². The third kappa shape index (κ3) is 3.93. The molecule has 3 aliphatic heterocycles. The molecule has 5 heteroatoms. The van der Waals surface area contributed by atoms with Crippen molar-refractivity contribution in [2.24, 2.45) is 5.92 Å². The van der Waals surface area contributed by atoms with Crippen LogP contribution in [0.3, 0.4) is 0 Å². The number of benzene rings is 1. The van der Waals surface area contributed by atoms with Gasteiger partial charge in [0.2, 0.25) is 0 Å². The molecule has 0 atom stereocenters. The second kappa shape index (κ2) is 8.41. The van der Waals surface area contributed by atoms with E-state index in [1.54, 1.807) is 0 Å². The summed E-state index contributed by atoms with van der Waals surface area (Å²) in [6.07, 6.45) is 10.6. The Morgan fingerprint density at radius 3 is 2.53 bits per heavy atom. The first-order valence-corrected chi connectivity index (χ1v) is 12.1. The van der Waals surface area contributed by atoms with Gasteiger partial charge in [0.1, 0.15) is 11.4 Å². The van der Waals surface area contributed by atoms with E-state index >= 15 is 0 Å². The van der Waals surface area contributed by atoms with Crippen LogP contribution in [0.4, 0.5) is 5.69 Å². The molecule has 0 radical (unpaired) electrons. The molecule has 4 aliphatic rings. The lowest BCUT2D eigenvalue weighted by atomic mass is 9.81. The lowest BCUT2D eigenvalue weighted by Gasteiger charge is -2.48. The molecule has 5 nitrogen and oxygen atoms in total. The zero-order chi connectivity index (χ0) is 20.6. The van der Waals surface area contributed by atoms with E-state index in [0.29, 0.717) is 6.61 Å². The van der Waals surface area contributed by atoms with E-state index in [9.17, 15) is 4.79 Å². The predicted octanol–water partition coefficient (Wildman–Crippen LogP) is 4.18. The van der Waals surface area contributed by atoms with Crippen LogP contribution in [0.5, 0.6) is 5.75 Å². The van der Waals surface area contributed by atoms with Crippen molar-refractivity contribution in [1.82, 2.24) is 4.90 Å². The van der Waals surface area contributed by atoms with Crippen LogP contribution in [0.25, 0.3) is 0 Å². The van der Waals surface area contributed by atoms with Gasteiger partial charge in [0.15, 0.2) is 0 Å². The number of anilines is 1. The number of fused-ring (bicyclic) bond motifs is 1. The summed E-state index contributed by atoms with van der Waals surface area (Å²) < 4.78 is 11.9. The summed E-state index contributed by atoms with van der Waals surface area (Å²) in [5, 5.41) is 0. The molecule has 1 aliphatic carbocycles. The Balaban J connectivity index is 1.19. The van der Waals surface area contributed by atoms with Gasteiger partial charge in [-0.2, -0.15) is 0 Å². The van der Waals surface area contributed by atoms with Crippen molar-refractivity contribution >= 4 is 11.7 Å². The SMILES string of the molecule is CCOC(=O)C1CCN(c2ccc3c(c2)CCC2(CCN(C4CCC4)CC2)O3)CC1. The van der Waals surface area contributed by atoms with E-state index in [4.69, 9.17) is 9.47 Å². The molecule has 30 heavy (non-hydrogen) atoms. The molecule has 1 aromatic rings. The van der Waals surface area contributed by atoms with Gasteiger partial charge in [0, 0.05) is 37.9 Å². The Bertz CT molecular complexity index is 760. The minimum absolute atomic E-state index is 0.0235. The van der Waals surface area contributed by atoms with Crippen LogP contribution in [0, 0.1) is 5.92 Å². The van der Waals surface area contributed by atoms with Gasteiger partial charge in [-0.05, 0) is 82.1 Å². The number of rotatable bonds is 4. The molecule has 5 rings (SSSR count).